The third kappa shape index (κ3) is 5.60. The molecule has 3 aromatic rings. The second-order valence-corrected chi connectivity index (χ2v) is 7.24. The number of nitrogens with one attached hydrogen (secondary N) is 2. The van der Waals surface area contributed by atoms with Crippen molar-refractivity contribution in [1.29, 1.82) is 0 Å². The van der Waals surface area contributed by atoms with E-state index in [1.54, 1.807) is 0 Å². The smallest absolute Gasteiger partial charge is 0.214 e. The third-order valence-electron chi connectivity index (χ3n) is 4.44. The van der Waals surface area contributed by atoms with Gasteiger partial charge in [0.15, 0.2) is 17.3 Å². The predicted octanol–water partition coefficient (Wildman–Crippen LogP) is 4.92. The summed E-state index contributed by atoms with van der Waals surface area (Å²) in [6, 6.07) is 14.3. The van der Waals surface area contributed by atoms with Crippen LogP contribution in [-0.2, 0) is 19.6 Å². The highest BCUT2D eigenvalue weighted by molar-refractivity contribution is 7.71. The number of nitrogens with zero attached hydrogens (tertiary/aromatic N) is 2. The van der Waals surface area contributed by atoms with Crippen LogP contribution in [0.1, 0.15) is 42.8 Å². The van der Waals surface area contributed by atoms with E-state index in [-0.39, 0.29) is 0 Å². The van der Waals surface area contributed by atoms with Gasteiger partial charge in [-0.15, -0.1) is 0 Å². The van der Waals surface area contributed by atoms with Crippen LogP contribution in [0.25, 0.3) is 0 Å². The highest BCUT2D eigenvalue weighted by atomic mass is 32.1. The lowest BCUT2D eigenvalue weighted by Gasteiger charge is -2.15. The van der Waals surface area contributed by atoms with Gasteiger partial charge >= 0.3 is 0 Å². The highest BCUT2D eigenvalue weighted by Crippen LogP contribution is 2.29. The molecule has 0 aliphatic carbocycles. The van der Waals surface area contributed by atoms with E-state index in [9.17, 15) is 0 Å². The standard InChI is InChI=1S/C22H28N4O2S/c1-4-7-21-24-25-22(29)26(21)23-14-17-10-11-19(20(13-17)27-5-2)28-15-18-9-6-8-16(3)12-18/h6,8-13,23H,4-5,7,14-15H2,1-3H3,(H,25,29). The minimum Gasteiger partial charge on any atom is -0.490 e. The molecule has 1 aromatic heterocycles. The van der Waals surface area contributed by atoms with Crippen LogP contribution in [-0.4, -0.2) is 21.5 Å². The van der Waals surface area contributed by atoms with Gasteiger partial charge in [-0.25, -0.2) is 4.68 Å². The minimum absolute atomic E-state index is 0.504. The number of aryl methyl sites for hydroxylation is 2. The Labute approximate surface area is 176 Å². The Kier molecular flexibility index (Phi) is 7.30. The van der Waals surface area contributed by atoms with Crippen molar-refractivity contribution in [2.24, 2.45) is 0 Å². The first-order valence-corrected chi connectivity index (χ1v) is 10.4. The van der Waals surface area contributed by atoms with Crippen LogP contribution in [0.5, 0.6) is 11.5 Å². The summed E-state index contributed by atoms with van der Waals surface area (Å²) in [4.78, 5) is 0. The van der Waals surface area contributed by atoms with E-state index in [0.717, 1.165) is 41.3 Å². The molecule has 0 spiro atoms. The van der Waals surface area contributed by atoms with E-state index in [2.05, 4.69) is 47.7 Å². The SMILES string of the molecule is CCCc1n[nH]c(=S)n1NCc1ccc(OCc2cccc(C)c2)c(OCC)c1. The Morgan fingerprint density at radius 2 is 1.93 bits per heavy atom. The van der Waals surface area contributed by atoms with Gasteiger partial charge in [-0.2, -0.15) is 5.10 Å². The first-order valence-electron chi connectivity index (χ1n) is 9.95. The molecule has 0 radical (unpaired) electrons. The average molecular weight is 413 g/mol. The van der Waals surface area contributed by atoms with Crippen molar-refractivity contribution in [3.8, 4) is 11.5 Å². The van der Waals surface area contributed by atoms with Gasteiger partial charge in [-0.05, 0) is 55.7 Å². The monoisotopic (exact) mass is 412 g/mol. The van der Waals surface area contributed by atoms with Crippen LogP contribution in [0.2, 0.25) is 0 Å². The summed E-state index contributed by atoms with van der Waals surface area (Å²) in [6.07, 6.45) is 1.86. The number of aromatic nitrogens is 3. The van der Waals surface area contributed by atoms with Gasteiger partial charge < -0.3 is 14.9 Å². The van der Waals surface area contributed by atoms with E-state index in [0.29, 0.717) is 24.5 Å². The highest BCUT2D eigenvalue weighted by Gasteiger charge is 2.09. The maximum atomic E-state index is 6.02. The van der Waals surface area contributed by atoms with Gasteiger partial charge in [0.25, 0.3) is 0 Å². The largest absolute Gasteiger partial charge is 0.490 e. The predicted molar refractivity (Wildman–Crippen MR) is 118 cm³/mol. The van der Waals surface area contributed by atoms with Gasteiger partial charge in [0.2, 0.25) is 4.77 Å². The van der Waals surface area contributed by atoms with Crippen LogP contribution in [0.4, 0.5) is 0 Å². The molecule has 0 aliphatic rings. The van der Waals surface area contributed by atoms with Crippen molar-refractivity contribution in [2.45, 2.75) is 46.8 Å². The Morgan fingerprint density at radius 1 is 1.07 bits per heavy atom. The Bertz CT molecular complexity index is 996. The van der Waals surface area contributed by atoms with E-state index in [1.807, 2.05) is 35.9 Å². The maximum Gasteiger partial charge on any atom is 0.214 e. The van der Waals surface area contributed by atoms with Gasteiger partial charge in [0.05, 0.1) is 13.2 Å². The number of benzene rings is 2. The van der Waals surface area contributed by atoms with E-state index >= 15 is 0 Å². The molecule has 0 saturated carbocycles. The van der Waals surface area contributed by atoms with Crippen molar-refractivity contribution in [2.75, 3.05) is 12.0 Å². The number of H-pyrrole nitrogens is 1. The number of ether oxygens (including phenoxy) is 2. The molecule has 7 heteroatoms. The minimum atomic E-state index is 0.504. The fourth-order valence-electron chi connectivity index (χ4n) is 3.07. The lowest BCUT2D eigenvalue weighted by Crippen LogP contribution is -2.17. The van der Waals surface area contributed by atoms with Crippen LogP contribution < -0.4 is 14.9 Å². The summed E-state index contributed by atoms with van der Waals surface area (Å²) in [7, 11) is 0. The fraction of sp³-hybridized carbons (Fsp3) is 0.364. The molecule has 3 rings (SSSR count). The van der Waals surface area contributed by atoms with Crippen LogP contribution in [0.15, 0.2) is 42.5 Å². The zero-order valence-electron chi connectivity index (χ0n) is 17.2. The van der Waals surface area contributed by atoms with E-state index < -0.39 is 0 Å². The molecule has 29 heavy (non-hydrogen) atoms. The van der Waals surface area contributed by atoms with Crippen molar-refractivity contribution < 1.29 is 9.47 Å². The van der Waals surface area contributed by atoms with Gasteiger partial charge in [0, 0.05) is 6.42 Å². The molecule has 0 unspecified atom stereocenters. The molecule has 0 amide bonds. The summed E-state index contributed by atoms with van der Waals surface area (Å²) in [5, 5.41) is 7.12. The molecule has 0 bridgehead atoms. The third-order valence-corrected chi connectivity index (χ3v) is 4.72. The quantitative estimate of drug-likeness (QED) is 0.463. The Morgan fingerprint density at radius 3 is 2.69 bits per heavy atom. The van der Waals surface area contributed by atoms with E-state index in [1.165, 1.54) is 5.56 Å². The topological polar surface area (TPSA) is 64.1 Å². The van der Waals surface area contributed by atoms with Gasteiger partial charge in [-0.3, -0.25) is 5.10 Å². The van der Waals surface area contributed by atoms with Gasteiger partial charge in [0.1, 0.15) is 6.61 Å². The summed E-state index contributed by atoms with van der Waals surface area (Å²) in [5.74, 6) is 2.38. The zero-order valence-corrected chi connectivity index (χ0v) is 18.0. The molecular weight excluding hydrogens is 384 g/mol. The first-order chi connectivity index (χ1) is 14.1. The molecular formula is C22H28N4O2S. The molecule has 154 valence electrons. The number of hydrogen-bond donors (Lipinski definition) is 2. The summed E-state index contributed by atoms with van der Waals surface area (Å²) < 4.78 is 14.2. The molecule has 1 heterocycles. The van der Waals surface area contributed by atoms with Crippen LogP contribution in [0.3, 0.4) is 0 Å². The molecule has 6 nitrogen and oxygen atoms in total. The maximum absolute atomic E-state index is 6.02. The lowest BCUT2D eigenvalue weighted by atomic mass is 10.1. The Hall–Kier alpha value is -2.80. The van der Waals surface area contributed by atoms with E-state index in [4.69, 9.17) is 21.7 Å². The molecule has 2 N–H and O–H groups in total. The fourth-order valence-corrected chi connectivity index (χ4v) is 3.28. The van der Waals surface area contributed by atoms with Crippen LogP contribution >= 0.6 is 12.2 Å². The van der Waals surface area contributed by atoms with Crippen molar-refractivity contribution in [3.63, 3.8) is 0 Å². The normalized spacial score (nSPS) is 10.7. The summed E-state index contributed by atoms with van der Waals surface area (Å²) >= 11 is 5.32. The van der Waals surface area contributed by atoms with Gasteiger partial charge in [-0.1, -0.05) is 42.8 Å². The van der Waals surface area contributed by atoms with Crippen LogP contribution in [0, 0.1) is 11.7 Å². The second kappa shape index (κ2) is 10.1. The summed E-state index contributed by atoms with van der Waals surface area (Å²) in [6.45, 7) is 7.84. The lowest BCUT2D eigenvalue weighted by molar-refractivity contribution is 0.269. The van der Waals surface area contributed by atoms with Crippen molar-refractivity contribution >= 4 is 12.2 Å². The first kappa shape index (κ1) is 20.9. The molecule has 0 fully saturated rings. The number of hydrogen-bond acceptors (Lipinski definition) is 5. The zero-order chi connectivity index (χ0) is 20.6. The average Bonchev–Trinajstić information content (AvgIpc) is 3.06. The van der Waals surface area contributed by atoms with Crippen molar-refractivity contribution in [1.82, 2.24) is 14.9 Å². The second-order valence-electron chi connectivity index (χ2n) is 6.86. The summed E-state index contributed by atoms with van der Waals surface area (Å²) in [5.41, 5.74) is 6.76. The van der Waals surface area contributed by atoms with Crippen molar-refractivity contribution in [3.05, 3.63) is 69.8 Å². The number of aromatic amines is 1. The Balaban J connectivity index is 1.70. The molecule has 0 aliphatic heterocycles. The molecule has 0 atom stereocenters. The molecule has 0 saturated heterocycles. The molecule has 2 aromatic carbocycles. The number of rotatable bonds is 10.